The van der Waals surface area contributed by atoms with Crippen molar-refractivity contribution < 1.29 is 19.4 Å². The first-order valence-corrected chi connectivity index (χ1v) is 6.19. The van der Waals surface area contributed by atoms with E-state index in [4.69, 9.17) is 9.84 Å². The van der Waals surface area contributed by atoms with E-state index in [1.807, 2.05) is 19.0 Å². The van der Waals surface area contributed by atoms with Gasteiger partial charge in [0.1, 0.15) is 5.69 Å². The normalized spacial score (nSPS) is 20.1. The molecular formula is C13H17N3O4. The molecule has 0 aromatic carbocycles. The fourth-order valence-corrected chi connectivity index (χ4v) is 2.05. The zero-order chi connectivity index (χ0) is 14.9. The lowest BCUT2D eigenvalue weighted by molar-refractivity contribution is -0.139. The number of carboxylic acid groups (broad SMARTS) is 1. The molecule has 2 N–H and O–H groups in total. The summed E-state index contributed by atoms with van der Waals surface area (Å²) < 4.78 is 5.14. The summed E-state index contributed by atoms with van der Waals surface area (Å²) in [4.78, 5) is 28.7. The number of nitrogens with one attached hydrogen (secondary N) is 1. The molecule has 1 saturated carbocycles. The maximum absolute atomic E-state index is 12.1. The molecule has 7 nitrogen and oxygen atoms in total. The minimum Gasteiger partial charge on any atom is -0.481 e. The molecule has 2 rings (SSSR count). The van der Waals surface area contributed by atoms with Crippen molar-refractivity contribution in [1.82, 2.24) is 4.98 Å². The van der Waals surface area contributed by atoms with Crippen LogP contribution in [0.2, 0.25) is 0 Å². The van der Waals surface area contributed by atoms with Crippen molar-refractivity contribution in [3.63, 3.8) is 0 Å². The highest BCUT2D eigenvalue weighted by molar-refractivity contribution is 6.01. The number of aromatic nitrogens is 1. The van der Waals surface area contributed by atoms with E-state index in [2.05, 4.69) is 10.3 Å². The largest absolute Gasteiger partial charge is 0.481 e. The van der Waals surface area contributed by atoms with E-state index in [0.29, 0.717) is 18.0 Å². The van der Waals surface area contributed by atoms with Gasteiger partial charge in [0.25, 0.3) is 0 Å². The number of carbonyl (C=O) groups excluding carboxylic acids is 1. The van der Waals surface area contributed by atoms with Crippen LogP contribution in [0.1, 0.15) is 6.42 Å². The number of hydrogen-bond acceptors (Lipinski definition) is 5. The fraction of sp³-hybridized carbons (Fsp3) is 0.462. The SMILES string of the molecule is COc1nccc(N(C)C)c1NC(=O)C1CC1C(=O)O. The number of aliphatic carboxylic acids is 1. The first-order chi connectivity index (χ1) is 9.45. The smallest absolute Gasteiger partial charge is 0.307 e. The van der Waals surface area contributed by atoms with E-state index >= 15 is 0 Å². The van der Waals surface area contributed by atoms with E-state index < -0.39 is 17.8 Å². The van der Waals surface area contributed by atoms with Crippen LogP contribution >= 0.6 is 0 Å². The van der Waals surface area contributed by atoms with Gasteiger partial charge in [-0.05, 0) is 12.5 Å². The molecule has 2 atom stereocenters. The average Bonchev–Trinajstić information content (AvgIpc) is 3.19. The van der Waals surface area contributed by atoms with Crippen LogP contribution in [0.3, 0.4) is 0 Å². The molecule has 2 unspecified atom stereocenters. The lowest BCUT2D eigenvalue weighted by Gasteiger charge is -2.19. The Kier molecular flexibility index (Phi) is 3.78. The number of nitrogens with zero attached hydrogens (tertiary/aromatic N) is 2. The van der Waals surface area contributed by atoms with Gasteiger partial charge in [-0.2, -0.15) is 0 Å². The molecule has 0 radical (unpaired) electrons. The van der Waals surface area contributed by atoms with Crippen LogP contribution in [-0.4, -0.2) is 43.2 Å². The Labute approximate surface area is 116 Å². The standard InChI is InChI=1S/C13H17N3O4/c1-16(2)9-4-5-14-12(20-3)10(9)15-11(17)7-6-8(7)13(18)19/h4-5,7-8H,6H2,1-3H3,(H,15,17)(H,18,19). The maximum Gasteiger partial charge on any atom is 0.307 e. The zero-order valence-corrected chi connectivity index (χ0v) is 11.6. The summed E-state index contributed by atoms with van der Waals surface area (Å²) in [5.41, 5.74) is 1.21. The first kappa shape index (κ1) is 14.1. The third-order valence-corrected chi connectivity index (χ3v) is 3.26. The van der Waals surface area contributed by atoms with Gasteiger partial charge >= 0.3 is 5.97 Å². The summed E-state index contributed by atoms with van der Waals surface area (Å²) in [6.07, 6.45) is 1.96. The number of amides is 1. The topological polar surface area (TPSA) is 91.8 Å². The monoisotopic (exact) mass is 279 g/mol. The van der Waals surface area contributed by atoms with Crippen molar-refractivity contribution >= 4 is 23.3 Å². The molecule has 1 aliphatic rings. The van der Waals surface area contributed by atoms with Crippen molar-refractivity contribution in [2.75, 3.05) is 31.4 Å². The molecule has 1 amide bonds. The molecule has 0 spiro atoms. The predicted molar refractivity (Wildman–Crippen MR) is 73.0 cm³/mol. The zero-order valence-electron chi connectivity index (χ0n) is 11.6. The van der Waals surface area contributed by atoms with E-state index in [1.54, 1.807) is 12.3 Å². The summed E-state index contributed by atoms with van der Waals surface area (Å²) in [7, 11) is 5.14. The van der Waals surface area contributed by atoms with Gasteiger partial charge in [-0.1, -0.05) is 0 Å². The third-order valence-electron chi connectivity index (χ3n) is 3.26. The summed E-state index contributed by atoms with van der Waals surface area (Å²) in [5.74, 6) is -2.01. The quantitative estimate of drug-likeness (QED) is 0.829. The number of carboxylic acids is 1. The van der Waals surface area contributed by atoms with Gasteiger partial charge in [0.05, 0.1) is 24.6 Å². The van der Waals surface area contributed by atoms with E-state index in [-0.39, 0.29) is 5.91 Å². The molecule has 1 aromatic heterocycles. The van der Waals surface area contributed by atoms with Gasteiger partial charge in [0, 0.05) is 20.3 Å². The molecule has 1 fully saturated rings. The van der Waals surface area contributed by atoms with Gasteiger partial charge in [0.2, 0.25) is 11.8 Å². The molecule has 108 valence electrons. The second-order valence-corrected chi connectivity index (χ2v) is 4.88. The number of pyridine rings is 1. The first-order valence-electron chi connectivity index (χ1n) is 6.19. The van der Waals surface area contributed by atoms with Crippen LogP contribution in [0.4, 0.5) is 11.4 Å². The summed E-state index contributed by atoms with van der Waals surface area (Å²) in [6.45, 7) is 0. The third kappa shape index (κ3) is 2.66. The fourth-order valence-electron chi connectivity index (χ4n) is 2.05. The van der Waals surface area contributed by atoms with Crippen molar-refractivity contribution in [2.45, 2.75) is 6.42 Å². The molecule has 0 bridgehead atoms. The summed E-state index contributed by atoms with van der Waals surface area (Å²) in [6, 6.07) is 1.75. The van der Waals surface area contributed by atoms with Crippen molar-refractivity contribution in [1.29, 1.82) is 0 Å². The van der Waals surface area contributed by atoms with Crippen LogP contribution in [0.15, 0.2) is 12.3 Å². The lowest BCUT2D eigenvalue weighted by atomic mass is 10.2. The van der Waals surface area contributed by atoms with Crippen molar-refractivity contribution in [2.24, 2.45) is 11.8 Å². The minimum absolute atomic E-state index is 0.303. The maximum atomic E-state index is 12.1. The Morgan fingerprint density at radius 2 is 2.15 bits per heavy atom. The summed E-state index contributed by atoms with van der Waals surface area (Å²) >= 11 is 0. The van der Waals surface area contributed by atoms with Gasteiger partial charge in [-0.3, -0.25) is 9.59 Å². The van der Waals surface area contributed by atoms with Crippen LogP contribution in [0.25, 0.3) is 0 Å². The highest BCUT2D eigenvalue weighted by atomic mass is 16.5. The van der Waals surface area contributed by atoms with Gasteiger partial charge in [0.15, 0.2) is 0 Å². The van der Waals surface area contributed by atoms with E-state index in [9.17, 15) is 9.59 Å². The lowest BCUT2D eigenvalue weighted by Crippen LogP contribution is -2.20. The van der Waals surface area contributed by atoms with Crippen LogP contribution in [0.5, 0.6) is 5.88 Å². The number of ether oxygens (including phenoxy) is 1. The Morgan fingerprint density at radius 1 is 1.45 bits per heavy atom. The van der Waals surface area contributed by atoms with Crippen molar-refractivity contribution in [3.8, 4) is 5.88 Å². The Hall–Kier alpha value is -2.31. The van der Waals surface area contributed by atoms with Gasteiger partial charge in [-0.25, -0.2) is 4.98 Å². The molecular weight excluding hydrogens is 262 g/mol. The molecule has 1 aliphatic carbocycles. The molecule has 0 aliphatic heterocycles. The Bertz CT molecular complexity index is 544. The Balaban J connectivity index is 2.20. The van der Waals surface area contributed by atoms with E-state index in [1.165, 1.54) is 7.11 Å². The molecule has 0 saturated heterocycles. The predicted octanol–water partition coefficient (Wildman–Crippen LogP) is 0.815. The highest BCUT2D eigenvalue weighted by Crippen LogP contribution is 2.41. The van der Waals surface area contributed by atoms with Gasteiger partial charge < -0.3 is 20.1 Å². The second-order valence-electron chi connectivity index (χ2n) is 4.88. The molecule has 7 heteroatoms. The number of hydrogen-bond donors (Lipinski definition) is 2. The van der Waals surface area contributed by atoms with Crippen LogP contribution < -0.4 is 15.0 Å². The average molecular weight is 279 g/mol. The molecule has 1 aromatic rings. The van der Waals surface area contributed by atoms with Crippen LogP contribution in [0, 0.1) is 11.8 Å². The number of anilines is 2. The van der Waals surface area contributed by atoms with E-state index in [0.717, 1.165) is 5.69 Å². The highest BCUT2D eigenvalue weighted by Gasteiger charge is 2.48. The van der Waals surface area contributed by atoms with Crippen LogP contribution in [-0.2, 0) is 9.59 Å². The Morgan fingerprint density at radius 3 is 2.65 bits per heavy atom. The van der Waals surface area contributed by atoms with Gasteiger partial charge in [-0.15, -0.1) is 0 Å². The molecule has 20 heavy (non-hydrogen) atoms. The second kappa shape index (κ2) is 5.36. The number of carbonyl (C=O) groups is 2. The van der Waals surface area contributed by atoms with Crippen molar-refractivity contribution in [3.05, 3.63) is 12.3 Å². The molecule has 1 heterocycles. The minimum atomic E-state index is -0.934. The number of methoxy groups -OCH3 is 1. The number of rotatable bonds is 5. The summed E-state index contributed by atoms with van der Waals surface area (Å²) in [5, 5.41) is 11.6.